The number of aliphatic carboxylic acids is 1. The normalized spacial score (nSPS) is 18.0. The third-order valence-electron chi connectivity index (χ3n) is 5.34. The summed E-state index contributed by atoms with van der Waals surface area (Å²) in [6.07, 6.45) is -3.81. The van der Waals surface area contributed by atoms with E-state index in [9.17, 15) is 23.1 Å². The van der Waals surface area contributed by atoms with Gasteiger partial charge in [0, 0.05) is 30.3 Å². The van der Waals surface area contributed by atoms with E-state index in [2.05, 4.69) is 10.1 Å². The van der Waals surface area contributed by atoms with E-state index in [0.717, 1.165) is 17.8 Å². The van der Waals surface area contributed by atoms with Gasteiger partial charge in [-0.05, 0) is 31.0 Å². The van der Waals surface area contributed by atoms with Gasteiger partial charge in [-0.25, -0.2) is 9.78 Å². The van der Waals surface area contributed by atoms with Crippen molar-refractivity contribution in [1.29, 1.82) is 0 Å². The van der Waals surface area contributed by atoms with Gasteiger partial charge in [0.1, 0.15) is 11.9 Å². The van der Waals surface area contributed by atoms with Crippen molar-refractivity contribution < 1.29 is 23.1 Å². The average Bonchev–Trinajstić information content (AvgIpc) is 3.03. The second-order valence-electron chi connectivity index (χ2n) is 7.27. The van der Waals surface area contributed by atoms with Gasteiger partial charge in [-0.2, -0.15) is 22.8 Å². The van der Waals surface area contributed by atoms with E-state index in [4.69, 9.17) is 0 Å². The highest BCUT2D eigenvalue weighted by Crippen LogP contribution is 2.33. The van der Waals surface area contributed by atoms with E-state index in [1.165, 1.54) is 12.1 Å². The maximum atomic E-state index is 12.8. The first kappa shape index (κ1) is 19.2. The van der Waals surface area contributed by atoms with Crippen LogP contribution in [0, 0.1) is 6.92 Å². The van der Waals surface area contributed by atoms with Crippen LogP contribution in [0.2, 0.25) is 0 Å². The van der Waals surface area contributed by atoms with Crippen molar-refractivity contribution in [2.75, 3.05) is 11.4 Å². The molecular formula is C20H19F3N4O2. The van der Waals surface area contributed by atoms with Crippen molar-refractivity contribution in [3.63, 3.8) is 0 Å². The smallest absolute Gasteiger partial charge is 0.416 e. The molecule has 29 heavy (non-hydrogen) atoms. The van der Waals surface area contributed by atoms with Crippen LogP contribution in [-0.2, 0) is 11.0 Å². The molecule has 1 saturated heterocycles. The molecule has 0 bridgehead atoms. The van der Waals surface area contributed by atoms with E-state index in [1.807, 2.05) is 13.8 Å². The number of carboxylic acid groups (broad SMARTS) is 1. The van der Waals surface area contributed by atoms with Crippen LogP contribution in [0.5, 0.6) is 0 Å². The fourth-order valence-electron chi connectivity index (χ4n) is 3.56. The lowest BCUT2D eigenvalue weighted by atomic mass is 9.97. The molecule has 0 saturated carbocycles. The van der Waals surface area contributed by atoms with Crippen LogP contribution in [0.25, 0.3) is 5.65 Å². The second-order valence-corrected chi connectivity index (χ2v) is 7.27. The van der Waals surface area contributed by atoms with Gasteiger partial charge in [0.2, 0.25) is 0 Å². The van der Waals surface area contributed by atoms with Gasteiger partial charge in [-0.3, -0.25) is 0 Å². The quantitative estimate of drug-likeness (QED) is 0.715. The standard InChI is InChI=1S/C20H19F3N4O2/c1-11-9-18(26-8-7-16(26)19(28)29)27-17(24-11)10-15(25-27)12(2)13-3-5-14(6-4-13)20(21,22)23/h3-6,9-10,12,16H,7-8H2,1-2H3,(H,28,29). The predicted octanol–water partition coefficient (Wildman–Crippen LogP) is 3.87. The minimum absolute atomic E-state index is 0.251. The molecule has 1 aliphatic heterocycles. The number of anilines is 1. The molecule has 0 spiro atoms. The topological polar surface area (TPSA) is 70.7 Å². The molecule has 0 aliphatic carbocycles. The fraction of sp³-hybridized carbons (Fsp3) is 0.350. The number of hydrogen-bond donors (Lipinski definition) is 1. The second kappa shape index (κ2) is 6.75. The van der Waals surface area contributed by atoms with Crippen molar-refractivity contribution in [1.82, 2.24) is 14.6 Å². The number of hydrogen-bond acceptors (Lipinski definition) is 4. The van der Waals surface area contributed by atoms with Crippen LogP contribution >= 0.6 is 0 Å². The molecule has 9 heteroatoms. The number of aromatic nitrogens is 3. The van der Waals surface area contributed by atoms with Crippen molar-refractivity contribution in [3.05, 3.63) is 58.9 Å². The molecule has 4 rings (SSSR count). The van der Waals surface area contributed by atoms with Crippen LogP contribution in [0.1, 0.15) is 41.8 Å². The summed E-state index contributed by atoms with van der Waals surface area (Å²) in [6, 6.07) is 8.01. The minimum atomic E-state index is -4.38. The summed E-state index contributed by atoms with van der Waals surface area (Å²) >= 11 is 0. The Morgan fingerprint density at radius 1 is 1.24 bits per heavy atom. The van der Waals surface area contributed by atoms with Crippen LogP contribution in [0.4, 0.5) is 19.0 Å². The van der Waals surface area contributed by atoms with Gasteiger partial charge in [0.15, 0.2) is 5.65 Å². The summed E-state index contributed by atoms with van der Waals surface area (Å²) < 4.78 is 40.0. The zero-order valence-electron chi connectivity index (χ0n) is 15.8. The van der Waals surface area contributed by atoms with Crippen molar-refractivity contribution in [3.8, 4) is 0 Å². The van der Waals surface area contributed by atoms with E-state index in [-0.39, 0.29) is 5.92 Å². The molecule has 152 valence electrons. The maximum absolute atomic E-state index is 12.8. The largest absolute Gasteiger partial charge is 0.480 e. The Labute approximate surface area is 164 Å². The molecular weight excluding hydrogens is 385 g/mol. The summed E-state index contributed by atoms with van der Waals surface area (Å²) in [4.78, 5) is 17.7. The summed E-state index contributed by atoms with van der Waals surface area (Å²) in [7, 11) is 0. The Kier molecular flexibility index (Phi) is 4.48. The lowest BCUT2D eigenvalue weighted by Crippen LogP contribution is -2.53. The van der Waals surface area contributed by atoms with Crippen LogP contribution in [0.3, 0.4) is 0 Å². The highest BCUT2D eigenvalue weighted by atomic mass is 19.4. The molecule has 0 radical (unpaired) electrons. The van der Waals surface area contributed by atoms with Crippen molar-refractivity contribution in [2.45, 2.75) is 38.4 Å². The van der Waals surface area contributed by atoms with Gasteiger partial charge in [-0.1, -0.05) is 19.1 Å². The Balaban J connectivity index is 1.70. The zero-order valence-corrected chi connectivity index (χ0v) is 15.8. The number of rotatable bonds is 4. The Bertz CT molecular complexity index is 1080. The number of fused-ring (bicyclic) bond motifs is 1. The van der Waals surface area contributed by atoms with Crippen molar-refractivity contribution >= 4 is 17.4 Å². The molecule has 0 amide bonds. The SMILES string of the molecule is Cc1cc(N2CCC2C(=O)O)n2nc(C(C)c3ccc(C(F)(F)F)cc3)cc2n1. The first-order valence-corrected chi connectivity index (χ1v) is 9.19. The first-order chi connectivity index (χ1) is 13.6. The van der Waals surface area contributed by atoms with Crippen molar-refractivity contribution in [2.24, 2.45) is 0 Å². The molecule has 1 aliphatic rings. The first-order valence-electron chi connectivity index (χ1n) is 9.19. The fourth-order valence-corrected chi connectivity index (χ4v) is 3.56. The third-order valence-corrected chi connectivity index (χ3v) is 5.34. The summed E-state index contributed by atoms with van der Waals surface area (Å²) in [5.41, 5.74) is 1.96. The summed E-state index contributed by atoms with van der Waals surface area (Å²) in [5.74, 6) is -0.486. The maximum Gasteiger partial charge on any atom is 0.416 e. The average molecular weight is 404 g/mol. The number of alkyl halides is 3. The molecule has 1 fully saturated rings. The van der Waals surface area contributed by atoms with E-state index in [0.29, 0.717) is 35.7 Å². The van der Waals surface area contributed by atoms with Crippen LogP contribution in [0.15, 0.2) is 36.4 Å². The predicted molar refractivity (Wildman–Crippen MR) is 100 cm³/mol. The summed E-state index contributed by atoms with van der Waals surface area (Å²) in [6.45, 7) is 4.30. The summed E-state index contributed by atoms with van der Waals surface area (Å²) in [5, 5.41) is 14.0. The molecule has 1 aromatic carbocycles. The Morgan fingerprint density at radius 3 is 2.48 bits per heavy atom. The number of benzene rings is 1. The Morgan fingerprint density at radius 2 is 1.93 bits per heavy atom. The number of carbonyl (C=O) groups is 1. The van der Waals surface area contributed by atoms with Gasteiger partial charge < -0.3 is 10.0 Å². The molecule has 2 aromatic heterocycles. The monoisotopic (exact) mass is 404 g/mol. The Hall–Kier alpha value is -3.10. The number of aryl methyl sites for hydroxylation is 1. The minimum Gasteiger partial charge on any atom is -0.480 e. The zero-order chi connectivity index (χ0) is 20.9. The van der Waals surface area contributed by atoms with Gasteiger partial charge >= 0.3 is 12.1 Å². The lowest BCUT2D eigenvalue weighted by molar-refractivity contribution is -0.140. The molecule has 6 nitrogen and oxygen atoms in total. The van der Waals surface area contributed by atoms with Gasteiger partial charge in [0.05, 0.1) is 11.3 Å². The van der Waals surface area contributed by atoms with E-state index in [1.54, 1.807) is 21.5 Å². The molecule has 2 unspecified atom stereocenters. The van der Waals surface area contributed by atoms with E-state index >= 15 is 0 Å². The molecule has 1 N–H and O–H groups in total. The molecule has 3 heterocycles. The van der Waals surface area contributed by atoms with Gasteiger partial charge in [0.25, 0.3) is 0 Å². The van der Waals surface area contributed by atoms with Crippen LogP contribution < -0.4 is 4.90 Å². The lowest BCUT2D eigenvalue weighted by Gasteiger charge is -2.39. The highest BCUT2D eigenvalue weighted by Gasteiger charge is 2.36. The molecule has 3 aromatic rings. The third kappa shape index (κ3) is 3.41. The number of halogens is 3. The van der Waals surface area contributed by atoms with Crippen LogP contribution in [-0.4, -0.2) is 38.3 Å². The highest BCUT2D eigenvalue weighted by molar-refractivity contribution is 5.80. The molecule has 2 atom stereocenters. The van der Waals surface area contributed by atoms with Gasteiger partial charge in [-0.15, -0.1) is 0 Å². The number of carboxylic acids is 1. The number of nitrogens with zero attached hydrogens (tertiary/aromatic N) is 4. The van der Waals surface area contributed by atoms with E-state index < -0.39 is 23.8 Å².